The lowest BCUT2D eigenvalue weighted by atomic mass is 9.92. The summed E-state index contributed by atoms with van der Waals surface area (Å²) in [7, 11) is -2.38. The van der Waals surface area contributed by atoms with Crippen molar-refractivity contribution >= 4 is 32.1 Å². The van der Waals surface area contributed by atoms with Gasteiger partial charge in [0.2, 0.25) is 0 Å². The predicted octanol–water partition coefficient (Wildman–Crippen LogP) is 9.86. The van der Waals surface area contributed by atoms with E-state index in [2.05, 4.69) is 152 Å². The topological polar surface area (TPSA) is 29.3 Å². The molecule has 0 fully saturated rings. The molecule has 0 saturated carbocycles. The molecule has 0 aliphatic carbocycles. The van der Waals surface area contributed by atoms with E-state index in [1.165, 1.54) is 10.8 Å². The van der Waals surface area contributed by atoms with Crippen LogP contribution in [0.1, 0.15) is 54.9 Å². The number of benzene rings is 2. The molecule has 0 radical (unpaired) electrons. The van der Waals surface area contributed by atoms with Crippen LogP contribution in [0.3, 0.4) is 0 Å². The van der Waals surface area contributed by atoms with Gasteiger partial charge in [-0.1, -0.05) is 139 Å². The van der Waals surface area contributed by atoms with E-state index in [0.717, 1.165) is 34.0 Å². The molecule has 4 heteroatoms. The molecule has 1 aromatic heterocycles. The Hall–Kier alpha value is -4.38. The lowest BCUT2D eigenvalue weighted by Crippen LogP contribution is -2.28. The zero-order valence-corrected chi connectivity index (χ0v) is 28.1. The van der Waals surface area contributed by atoms with Gasteiger partial charge in [0.1, 0.15) is 5.49 Å². The van der Waals surface area contributed by atoms with E-state index < -0.39 is 10.4 Å². The fraction of sp³-hybridized carbons (Fsp3) is 0.275. The first-order valence-electron chi connectivity index (χ1n) is 15.2. The number of hydrogen-bond acceptors (Lipinski definition) is 2. The fourth-order valence-electron chi connectivity index (χ4n) is 4.64. The highest BCUT2D eigenvalue weighted by atomic mass is 32.3. The van der Waals surface area contributed by atoms with Crippen molar-refractivity contribution in [2.45, 2.75) is 54.9 Å². The van der Waals surface area contributed by atoms with Gasteiger partial charge in [-0.25, -0.2) is 0 Å². The molecule has 3 nitrogen and oxygen atoms in total. The Morgan fingerprint density at radius 2 is 1.75 bits per heavy atom. The molecule has 1 N–H and O–H groups in total. The summed E-state index contributed by atoms with van der Waals surface area (Å²) in [6, 6.07) is 12.8. The molecule has 226 valence electrons. The first kappa shape index (κ1) is 32.5. The first-order chi connectivity index (χ1) is 21.0. The van der Waals surface area contributed by atoms with Gasteiger partial charge in [0, 0.05) is 38.6 Å². The first-order valence-corrected chi connectivity index (χ1v) is 16.7. The highest BCUT2D eigenvalue weighted by molar-refractivity contribution is 8.38. The number of allylic oxidation sites excluding steroid dienone is 11. The van der Waals surface area contributed by atoms with Crippen LogP contribution in [0.25, 0.3) is 21.7 Å². The molecule has 1 aliphatic rings. The van der Waals surface area contributed by atoms with Gasteiger partial charge < -0.3 is 4.72 Å². The molecule has 4 rings (SSSR count). The van der Waals surface area contributed by atoms with Crippen LogP contribution in [0.15, 0.2) is 126 Å². The molecule has 0 spiro atoms. The Balaban J connectivity index is 2.05. The fourth-order valence-corrected chi connectivity index (χ4v) is 6.77. The largest absolute Gasteiger partial charge is 0.319 e. The average molecular weight is 600 g/mol. The van der Waals surface area contributed by atoms with Crippen LogP contribution >= 0.6 is 10.4 Å². The lowest BCUT2D eigenvalue weighted by molar-refractivity contribution is 0.420. The Morgan fingerprint density at radius 3 is 2.43 bits per heavy atom. The third-order valence-electron chi connectivity index (χ3n) is 6.85. The van der Waals surface area contributed by atoms with Crippen LogP contribution in [0.4, 0.5) is 0 Å². The second-order valence-electron chi connectivity index (χ2n) is 13.0. The summed E-state index contributed by atoms with van der Waals surface area (Å²) in [5, 5.41) is 10.8. The summed E-state index contributed by atoms with van der Waals surface area (Å²) >= 11 is 0. The third kappa shape index (κ3) is 8.16. The predicted molar refractivity (Wildman–Crippen MR) is 195 cm³/mol. The van der Waals surface area contributed by atoms with Crippen LogP contribution in [-0.4, -0.2) is 10.5 Å². The highest BCUT2D eigenvalue weighted by Gasteiger charge is 2.27. The Labute approximate surface area is 266 Å². The van der Waals surface area contributed by atoms with Gasteiger partial charge in [-0.15, -0.1) is 0 Å². The molecular formula is C40H45N3S. The van der Waals surface area contributed by atoms with Gasteiger partial charge in [-0.2, -0.15) is 0 Å². The molecule has 3 aromatic rings. The van der Waals surface area contributed by atoms with Crippen molar-refractivity contribution in [1.82, 2.24) is 8.69 Å². The summed E-state index contributed by atoms with van der Waals surface area (Å²) in [4.78, 5) is 5.12. The van der Waals surface area contributed by atoms with Crippen LogP contribution in [0, 0.1) is 33.2 Å². The standard InChI is InChI=1S/C40H45N3S/c1-9-32(18-16-26-39(3,4)5)24-30-44(31-25-33(10-2)19-17-27-40(6,7)8)42-29-13-11-12-28-41-38-35-22-14-20-34-21-15-23-36(37(34)35)43(38)44/h9-23,26,29,42H,1,27-28H2,2-8H3/b12-11-,19-17-,26-16+,29-13-,32-18+,33-10+,41-38?. The Bertz CT molecular complexity index is 1880. The van der Waals surface area contributed by atoms with Gasteiger partial charge in [-0.05, 0) is 47.8 Å². The molecule has 1 aliphatic heterocycles. The van der Waals surface area contributed by atoms with Crippen molar-refractivity contribution < 1.29 is 0 Å². The van der Waals surface area contributed by atoms with Gasteiger partial charge >= 0.3 is 0 Å². The molecule has 0 saturated heterocycles. The van der Waals surface area contributed by atoms with Gasteiger partial charge in [0.25, 0.3) is 0 Å². The molecule has 2 heterocycles. The van der Waals surface area contributed by atoms with Crippen molar-refractivity contribution in [1.29, 1.82) is 0 Å². The summed E-state index contributed by atoms with van der Waals surface area (Å²) in [5.41, 5.74) is 3.99. The number of hydrogen-bond donors (Lipinski definition) is 1. The second-order valence-corrected chi connectivity index (χ2v) is 15.2. The van der Waals surface area contributed by atoms with Crippen LogP contribution < -0.4 is 10.2 Å². The Kier molecular flexibility index (Phi) is 10.3. The third-order valence-corrected chi connectivity index (χ3v) is 9.04. The number of aromatic nitrogens is 1. The minimum absolute atomic E-state index is 0.0685. The van der Waals surface area contributed by atoms with Gasteiger partial charge in [0.15, 0.2) is 0 Å². The van der Waals surface area contributed by atoms with E-state index in [0.29, 0.717) is 6.54 Å². The molecule has 2 aromatic carbocycles. The van der Waals surface area contributed by atoms with Gasteiger partial charge in [0.05, 0.1) is 22.5 Å². The number of nitrogens with zero attached hydrogens (tertiary/aromatic N) is 2. The molecule has 0 bridgehead atoms. The van der Waals surface area contributed by atoms with Crippen molar-refractivity contribution in [2.24, 2.45) is 15.8 Å². The van der Waals surface area contributed by atoms with E-state index in [-0.39, 0.29) is 10.8 Å². The minimum atomic E-state index is -2.38. The van der Waals surface area contributed by atoms with Crippen molar-refractivity contribution in [3.8, 4) is 22.3 Å². The summed E-state index contributed by atoms with van der Waals surface area (Å²) in [6.45, 7) is 19.9. The van der Waals surface area contributed by atoms with E-state index in [1.54, 1.807) is 6.08 Å². The SMILES string of the molecule is C=C/C(C#CS1(C#CC(/C=C\CC(C)(C)C)=C/C)N/C=C\C=C/CN=c2c3cccc4cccc(c43)n21)=C\C=C\C(C)(C)C. The van der Waals surface area contributed by atoms with E-state index in [4.69, 9.17) is 4.99 Å². The molecule has 0 amide bonds. The average Bonchev–Trinajstić information content (AvgIpc) is 3.30. The maximum Gasteiger partial charge on any atom is 0.148 e. The summed E-state index contributed by atoms with van der Waals surface area (Å²) in [6.07, 6.45) is 23.4. The second kappa shape index (κ2) is 13.9. The van der Waals surface area contributed by atoms with E-state index >= 15 is 0 Å². The molecule has 44 heavy (non-hydrogen) atoms. The zero-order valence-electron chi connectivity index (χ0n) is 27.2. The maximum atomic E-state index is 5.12. The van der Waals surface area contributed by atoms with Crippen LogP contribution in [0.2, 0.25) is 0 Å². The minimum Gasteiger partial charge on any atom is -0.319 e. The quantitative estimate of drug-likeness (QED) is 0.235. The number of rotatable bonds is 4. The van der Waals surface area contributed by atoms with E-state index in [9.17, 15) is 0 Å². The van der Waals surface area contributed by atoms with Crippen LogP contribution in [-0.2, 0) is 0 Å². The lowest BCUT2D eigenvalue weighted by Gasteiger charge is -2.31. The van der Waals surface area contributed by atoms with Crippen molar-refractivity contribution in [2.75, 3.05) is 6.54 Å². The molecule has 1 atom stereocenters. The number of fused-ring (bicyclic) bond motifs is 3. The zero-order chi connectivity index (χ0) is 31.8. The highest BCUT2D eigenvalue weighted by Crippen LogP contribution is 2.46. The maximum absolute atomic E-state index is 5.12. The van der Waals surface area contributed by atoms with Crippen LogP contribution in [0.5, 0.6) is 0 Å². The van der Waals surface area contributed by atoms with Gasteiger partial charge in [-0.3, -0.25) is 8.96 Å². The van der Waals surface area contributed by atoms with Crippen molar-refractivity contribution in [3.05, 3.63) is 127 Å². The van der Waals surface area contributed by atoms with Crippen molar-refractivity contribution in [3.63, 3.8) is 0 Å². The number of nitrogens with one attached hydrogen (secondary N) is 1. The normalized spacial score (nSPS) is 20.9. The summed E-state index contributed by atoms with van der Waals surface area (Å²) in [5.74, 6) is 6.97. The summed E-state index contributed by atoms with van der Waals surface area (Å²) < 4.78 is 5.95. The van der Waals surface area contributed by atoms with E-state index in [1.807, 2.05) is 31.4 Å². The molecule has 1 unspecified atom stereocenters. The molecular weight excluding hydrogens is 555 g/mol. The monoisotopic (exact) mass is 599 g/mol. The Morgan fingerprint density at radius 1 is 1.02 bits per heavy atom. The smallest absolute Gasteiger partial charge is 0.148 e.